The maximum atomic E-state index is 11.9. The van der Waals surface area contributed by atoms with Gasteiger partial charge in [-0.25, -0.2) is 0 Å². The van der Waals surface area contributed by atoms with Crippen molar-refractivity contribution in [1.82, 2.24) is 0 Å². The van der Waals surface area contributed by atoms with Crippen LogP contribution in [0.1, 0.15) is 28.4 Å². The Bertz CT molecular complexity index is 915. The fourth-order valence-corrected chi connectivity index (χ4v) is 3.34. The van der Waals surface area contributed by atoms with Gasteiger partial charge in [-0.15, -0.1) is 0 Å². The molecular weight excluding hydrogens is 268 g/mol. The minimum absolute atomic E-state index is 0.119. The highest BCUT2D eigenvalue weighted by atomic mass is 16.1. The number of hydrogen-bond acceptors (Lipinski definition) is 1. The summed E-state index contributed by atoms with van der Waals surface area (Å²) in [5, 5.41) is 0. The van der Waals surface area contributed by atoms with Crippen molar-refractivity contribution in [3.63, 3.8) is 0 Å². The third-order valence-electron chi connectivity index (χ3n) is 4.48. The van der Waals surface area contributed by atoms with Crippen molar-refractivity contribution in [2.75, 3.05) is 0 Å². The lowest BCUT2D eigenvalue weighted by atomic mass is 9.97. The van der Waals surface area contributed by atoms with E-state index in [-0.39, 0.29) is 5.78 Å². The molecule has 1 aromatic carbocycles. The van der Waals surface area contributed by atoms with Gasteiger partial charge in [0.2, 0.25) is 0 Å². The molecule has 0 heterocycles. The molecule has 0 unspecified atom stereocenters. The predicted octanol–water partition coefficient (Wildman–Crippen LogP) is 5.37. The first-order chi connectivity index (χ1) is 10.6. The third-order valence-corrected chi connectivity index (χ3v) is 4.48. The zero-order chi connectivity index (χ0) is 15.3. The number of carbonyl (C=O) groups is 1. The van der Waals surface area contributed by atoms with Gasteiger partial charge in [-0.2, -0.15) is 0 Å². The van der Waals surface area contributed by atoms with Crippen LogP contribution in [0.4, 0.5) is 0 Å². The Morgan fingerprint density at radius 2 is 1.45 bits per heavy atom. The Balaban J connectivity index is 1.94. The van der Waals surface area contributed by atoms with Crippen LogP contribution >= 0.6 is 0 Å². The van der Waals surface area contributed by atoms with Crippen molar-refractivity contribution in [2.45, 2.75) is 13.8 Å². The Morgan fingerprint density at radius 1 is 0.682 bits per heavy atom. The lowest BCUT2D eigenvalue weighted by molar-refractivity contribution is 0.105. The minimum atomic E-state index is 0.119. The molecule has 106 valence electrons. The van der Waals surface area contributed by atoms with Gasteiger partial charge in [-0.05, 0) is 71.0 Å². The normalized spacial score (nSPS) is 13.4. The van der Waals surface area contributed by atoms with Crippen LogP contribution < -0.4 is 0 Å². The highest BCUT2D eigenvalue weighted by Gasteiger charge is 2.20. The number of ketones is 1. The molecule has 0 aromatic heterocycles. The van der Waals surface area contributed by atoms with Crippen LogP contribution in [-0.4, -0.2) is 5.78 Å². The Morgan fingerprint density at radius 3 is 2.27 bits per heavy atom. The van der Waals surface area contributed by atoms with Crippen LogP contribution in [0.25, 0.3) is 27.8 Å². The molecule has 0 amide bonds. The summed E-state index contributed by atoms with van der Waals surface area (Å²) in [5.74, 6) is 0.119. The molecule has 1 heteroatoms. The zero-order valence-electron chi connectivity index (χ0n) is 12.7. The van der Waals surface area contributed by atoms with Crippen LogP contribution in [0.15, 0.2) is 60.7 Å². The Labute approximate surface area is 130 Å². The number of aryl methyl sites for hydroxylation is 1. The van der Waals surface area contributed by atoms with Gasteiger partial charge in [0.25, 0.3) is 0 Å². The van der Waals surface area contributed by atoms with Crippen molar-refractivity contribution in [1.29, 1.82) is 0 Å². The molecular formula is C21H16O. The summed E-state index contributed by atoms with van der Waals surface area (Å²) in [6.45, 7) is 4.15. The van der Waals surface area contributed by atoms with Gasteiger partial charge in [0.05, 0.1) is 0 Å². The number of carbonyl (C=O) groups excluding carboxylic acids is 1. The van der Waals surface area contributed by atoms with Gasteiger partial charge in [0.1, 0.15) is 0 Å². The maximum Gasteiger partial charge on any atom is 0.186 e. The van der Waals surface area contributed by atoms with Gasteiger partial charge in [-0.1, -0.05) is 42.5 Å². The van der Waals surface area contributed by atoms with E-state index in [9.17, 15) is 4.79 Å². The first-order valence-corrected chi connectivity index (χ1v) is 7.51. The van der Waals surface area contributed by atoms with Gasteiger partial charge in [-0.3, -0.25) is 4.79 Å². The lowest BCUT2D eigenvalue weighted by Crippen LogP contribution is -1.91. The summed E-state index contributed by atoms with van der Waals surface area (Å²) in [5.41, 5.74) is 9.17. The topological polar surface area (TPSA) is 17.1 Å². The fraction of sp³-hybridized carbons (Fsp3) is 0.0952. The van der Waals surface area contributed by atoms with Crippen LogP contribution in [-0.2, 0) is 0 Å². The SMILES string of the molecule is CC1=CC(=O)c2ccc(-c3cc(C)c4cccccc3-4)cc21. The molecule has 1 aromatic rings. The van der Waals surface area contributed by atoms with E-state index in [0.717, 1.165) is 16.7 Å². The van der Waals surface area contributed by atoms with Gasteiger partial charge >= 0.3 is 0 Å². The van der Waals surface area contributed by atoms with E-state index in [1.807, 2.05) is 13.0 Å². The largest absolute Gasteiger partial charge is 0.289 e. The van der Waals surface area contributed by atoms with E-state index < -0.39 is 0 Å². The smallest absolute Gasteiger partial charge is 0.186 e. The minimum Gasteiger partial charge on any atom is -0.289 e. The van der Waals surface area contributed by atoms with E-state index in [2.05, 4.69) is 55.5 Å². The van der Waals surface area contributed by atoms with Crippen LogP contribution in [0.3, 0.4) is 0 Å². The average molecular weight is 284 g/mol. The van der Waals surface area contributed by atoms with Crippen molar-refractivity contribution < 1.29 is 4.79 Å². The molecule has 0 N–H and O–H groups in total. The molecule has 0 spiro atoms. The highest BCUT2D eigenvalue weighted by molar-refractivity contribution is 6.16. The van der Waals surface area contributed by atoms with Gasteiger partial charge in [0.15, 0.2) is 5.78 Å². The molecule has 22 heavy (non-hydrogen) atoms. The summed E-state index contributed by atoms with van der Waals surface area (Å²) in [7, 11) is 0. The molecule has 0 atom stereocenters. The molecule has 0 aliphatic heterocycles. The molecule has 1 nitrogen and oxygen atoms in total. The fourth-order valence-electron chi connectivity index (χ4n) is 3.34. The molecule has 0 saturated heterocycles. The average Bonchev–Trinajstić information content (AvgIpc) is 2.85. The molecule has 3 aliphatic carbocycles. The Kier molecular flexibility index (Phi) is 2.77. The van der Waals surface area contributed by atoms with Crippen molar-refractivity contribution in [3.05, 3.63) is 77.4 Å². The van der Waals surface area contributed by atoms with Crippen molar-refractivity contribution in [2.24, 2.45) is 0 Å². The number of fused-ring (bicyclic) bond motifs is 2. The second-order valence-corrected chi connectivity index (χ2v) is 5.93. The summed E-state index contributed by atoms with van der Waals surface area (Å²) >= 11 is 0. The first kappa shape index (κ1) is 13.0. The van der Waals surface area contributed by atoms with E-state index in [0.29, 0.717) is 0 Å². The van der Waals surface area contributed by atoms with E-state index in [4.69, 9.17) is 0 Å². The van der Waals surface area contributed by atoms with E-state index in [1.165, 1.54) is 27.8 Å². The maximum absolute atomic E-state index is 11.9. The standard InChI is InChI=1S/C21H16O/c1-13-10-20(17-7-5-3-4-6-16(13)17)15-8-9-18-19(12-15)14(2)11-21(18)22/h3-12H,1-2H3. The second kappa shape index (κ2) is 4.67. The second-order valence-electron chi connectivity index (χ2n) is 5.93. The summed E-state index contributed by atoms with van der Waals surface area (Å²) in [6, 6.07) is 18.9. The van der Waals surface area contributed by atoms with Gasteiger partial charge in [0, 0.05) is 5.56 Å². The monoisotopic (exact) mass is 284 g/mol. The summed E-state index contributed by atoms with van der Waals surface area (Å²) in [4.78, 5) is 11.9. The Hall–Kier alpha value is -2.67. The number of benzene rings is 1. The van der Waals surface area contributed by atoms with Crippen LogP contribution in [0.2, 0.25) is 0 Å². The molecule has 0 bridgehead atoms. The molecule has 0 fully saturated rings. The first-order valence-electron chi connectivity index (χ1n) is 7.51. The van der Waals surface area contributed by atoms with Gasteiger partial charge < -0.3 is 0 Å². The van der Waals surface area contributed by atoms with E-state index >= 15 is 0 Å². The predicted molar refractivity (Wildman–Crippen MR) is 91.2 cm³/mol. The van der Waals surface area contributed by atoms with Crippen LogP contribution in [0, 0.1) is 6.92 Å². The summed E-state index contributed by atoms with van der Waals surface area (Å²) in [6.07, 6.45) is 1.72. The van der Waals surface area contributed by atoms with Crippen LogP contribution in [0.5, 0.6) is 0 Å². The highest BCUT2D eigenvalue weighted by Crippen LogP contribution is 2.40. The molecule has 0 radical (unpaired) electrons. The molecule has 4 rings (SSSR count). The van der Waals surface area contributed by atoms with E-state index in [1.54, 1.807) is 6.08 Å². The summed E-state index contributed by atoms with van der Waals surface area (Å²) < 4.78 is 0. The van der Waals surface area contributed by atoms with Crippen molar-refractivity contribution >= 4 is 11.4 Å². The third kappa shape index (κ3) is 1.82. The molecule has 0 saturated carbocycles. The zero-order valence-corrected chi connectivity index (χ0v) is 12.7. The molecule has 3 aliphatic rings. The quantitative estimate of drug-likeness (QED) is 0.587. The van der Waals surface area contributed by atoms with Crippen molar-refractivity contribution in [3.8, 4) is 22.3 Å². The number of allylic oxidation sites excluding steroid dienone is 2. The number of hydrogen-bond donors (Lipinski definition) is 0. The lowest BCUT2D eigenvalue weighted by Gasteiger charge is -2.06. The number of rotatable bonds is 1.